The minimum absolute atomic E-state index is 0.217. The molecule has 1 heterocycles. The van der Waals surface area contributed by atoms with Gasteiger partial charge < -0.3 is 9.88 Å². The van der Waals surface area contributed by atoms with Crippen molar-refractivity contribution < 1.29 is 22.4 Å². The predicted molar refractivity (Wildman–Crippen MR) is 76.2 cm³/mol. The molecule has 0 fully saturated rings. The summed E-state index contributed by atoms with van der Waals surface area (Å²) >= 11 is 0.960. The zero-order chi connectivity index (χ0) is 17.0. The molecular formula is C13H12F4N4OS. The average Bonchev–Trinajstić information content (AvgIpc) is 2.84. The molecule has 1 N–H and O–H groups in total. The van der Waals surface area contributed by atoms with Crippen LogP contribution < -0.4 is 5.32 Å². The highest BCUT2D eigenvalue weighted by Crippen LogP contribution is 2.22. The number of halogens is 4. The van der Waals surface area contributed by atoms with E-state index in [2.05, 4.69) is 10.2 Å². The number of amides is 1. The Hall–Kier alpha value is -2.10. The molecule has 0 bridgehead atoms. The zero-order valence-electron chi connectivity index (χ0n) is 11.9. The summed E-state index contributed by atoms with van der Waals surface area (Å²) in [5, 5.41) is 9.95. The minimum Gasteiger partial charge on any atom is -0.346 e. The van der Waals surface area contributed by atoms with E-state index >= 15 is 0 Å². The first kappa shape index (κ1) is 17.3. The van der Waals surface area contributed by atoms with Crippen molar-refractivity contribution >= 4 is 17.7 Å². The maximum Gasteiger partial charge on any atom is 0.405 e. The number of alkyl halides is 3. The van der Waals surface area contributed by atoms with Crippen LogP contribution >= 0.6 is 11.8 Å². The van der Waals surface area contributed by atoms with Crippen LogP contribution in [0.1, 0.15) is 0 Å². The highest BCUT2D eigenvalue weighted by molar-refractivity contribution is 7.99. The fraction of sp³-hybridized carbons (Fsp3) is 0.308. The first-order chi connectivity index (χ1) is 10.8. The van der Waals surface area contributed by atoms with Crippen molar-refractivity contribution in [3.63, 3.8) is 0 Å². The van der Waals surface area contributed by atoms with Crippen molar-refractivity contribution in [1.82, 2.24) is 20.1 Å². The maximum atomic E-state index is 12.9. The summed E-state index contributed by atoms with van der Waals surface area (Å²) in [6.07, 6.45) is -4.44. The first-order valence-electron chi connectivity index (χ1n) is 6.38. The van der Waals surface area contributed by atoms with E-state index in [1.165, 1.54) is 24.3 Å². The molecule has 5 nitrogen and oxygen atoms in total. The smallest absolute Gasteiger partial charge is 0.346 e. The number of nitrogens with zero attached hydrogens (tertiary/aromatic N) is 3. The second kappa shape index (κ2) is 6.99. The van der Waals surface area contributed by atoms with Gasteiger partial charge in [-0.15, -0.1) is 10.2 Å². The van der Waals surface area contributed by atoms with Gasteiger partial charge in [0, 0.05) is 12.6 Å². The van der Waals surface area contributed by atoms with Gasteiger partial charge >= 0.3 is 6.18 Å². The minimum atomic E-state index is -4.44. The Bertz CT molecular complexity index is 684. The summed E-state index contributed by atoms with van der Waals surface area (Å²) < 4.78 is 50.4. The monoisotopic (exact) mass is 348 g/mol. The van der Waals surface area contributed by atoms with Crippen LogP contribution in [0.25, 0.3) is 11.4 Å². The summed E-state index contributed by atoms with van der Waals surface area (Å²) in [5.41, 5.74) is 0.634. The molecule has 0 atom stereocenters. The number of hydrogen-bond donors (Lipinski definition) is 1. The fourth-order valence-electron chi connectivity index (χ4n) is 1.67. The molecule has 0 radical (unpaired) electrons. The van der Waals surface area contributed by atoms with E-state index in [0.717, 1.165) is 11.8 Å². The SMILES string of the molecule is Cn1c(SCC(=O)NCC(F)(F)F)nnc1-c1ccc(F)cc1. The fourth-order valence-corrected chi connectivity index (χ4v) is 2.41. The molecule has 10 heteroatoms. The number of carbonyl (C=O) groups is 1. The molecule has 2 rings (SSSR count). The van der Waals surface area contributed by atoms with E-state index in [-0.39, 0.29) is 11.6 Å². The van der Waals surface area contributed by atoms with Crippen LogP contribution in [0.5, 0.6) is 0 Å². The van der Waals surface area contributed by atoms with E-state index < -0.39 is 18.6 Å². The van der Waals surface area contributed by atoms with Crippen molar-refractivity contribution in [2.45, 2.75) is 11.3 Å². The van der Waals surface area contributed by atoms with Crippen LogP contribution in [0.3, 0.4) is 0 Å². The van der Waals surface area contributed by atoms with Crippen LogP contribution in [0, 0.1) is 5.82 Å². The molecule has 1 amide bonds. The van der Waals surface area contributed by atoms with Crippen LogP contribution in [0.4, 0.5) is 17.6 Å². The van der Waals surface area contributed by atoms with Gasteiger partial charge in [0.15, 0.2) is 11.0 Å². The molecule has 0 aliphatic carbocycles. The molecule has 0 saturated carbocycles. The van der Waals surface area contributed by atoms with Crippen molar-refractivity contribution in [3.05, 3.63) is 30.1 Å². The Morgan fingerprint density at radius 1 is 1.26 bits per heavy atom. The van der Waals surface area contributed by atoms with Crippen molar-refractivity contribution in [2.75, 3.05) is 12.3 Å². The standard InChI is InChI=1S/C13H12F4N4OS/c1-21-11(8-2-4-9(14)5-3-8)19-20-12(21)23-6-10(22)18-7-13(15,16)17/h2-5H,6-7H2,1H3,(H,18,22). The largest absolute Gasteiger partial charge is 0.405 e. The third-order valence-corrected chi connectivity index (χ3v) is 3.78. The summed E-state index contributed by atoms with van der Waals surface area (Å²) in [5.74, 6) is -0.889. The van der Waals surface area contributed by atoms with Crippen LogP contribution in [-0.2, 0) is 11.8 Å². The van der Waals surface area contributed by atoms with Crippen LogP contribution in [-0.4, -0.2) is 39.1 Å². The van der Waals surface area contributed by atoms with Gasteiger partial charge in [-0.2, -0.15) is 13.2 Å². The molecule has 2 aromatic rings. The van der Waals surface area contributed by atoms with Gasteiger partial charge in [0.05, 0.1) is 5.75 Å². The van der Waals surface area contributed by atoms with Gasteiger partial charge in [-0.1, -0.05) is 11.8 Å². The number of nitrogens with one attached hydrogen (secondary N) is 1. The Morgan fingerprint density at radius 3 is 2.52 bits per heavy atom. The lowest BCUT2D eigenvalue weighted by Gasteiger charge is -2.08. The van der Waals surface area contributed by atoms with Gasteiger partial charge in [-0.05, 0) is 24.3 Å². The molecule has 0 spiro atoms. The molecule has 1 aromatic carbocycles. The number of carbonyl (C=O) groups excluding carboxylic acids is 1. The van der Waals surface area contributed by atoms with E-state index in [1.54, 1.807) is 16.9 Å². The van der Waals surface area contributed by atoms with Crippen molar-refractivity contribution in [1.29, 1.82) is 0 Å². The molecule has 124 valence electrons. The summed E-state index contributed by atoms with van der Waals surface area (Å²) in [7, 11) is 1.65. The molecular weight excluding hydrogens is 336 g/mol. The van der Waals surface area contributed by atoms with Gasteiger partial charge in [0.1, 0.15) is 12.4 Å². The van der Waals surface area contributed by atoms with E-state index in [9.17, 15) is 22.4 Å². The Labute approximate surface area is 133 Å². The normalized spacial score (nSPS) is 11.5. The Kier molecular flexibility index (Phi) is 5.24. The molecule has 0 saturated heterocycles. The van der Waals surface area contributed by atoms with E-state index in [0.29, 0.717) is 16.5 Å². The third kappa shape index (κ3) is 4.95. The van der Waals surface area contributed by atoms with Gasteiger partial charge in [-0.25, -0.2) is 4.39 Å². The number of rotatable bonds is 5. The van der Waals surface area contributed by atoms with Gasteiger partial charge in [0.25, 0.3) is 0 Å². The second-order valence-electron chi connectivity index (χ2n) is 4.55. The number of hydrogen-bond acceptors (Lipinski definition) is 4. The highest BCUT2D eigenvalue weighted by atomic mass is 32.2. The summed E-state index contributed by atoms with van der Waals surface area (Å²) in [6.45, 7) is -1.37. The second-order valence-corrected chi connectivity index (χ2v) is 5.50. The Morgan fingerprint density at radius 2 is 1.91 bits per heavy atom. The lowest BCUT2D eigenvalue weighted by molar-refractivity contribution is -0.136. The molecule has 1 aromatic heterocycles. The van der Waals surface area contributed by atoms with Crippen molar-refractivity contribution in [3.8, 4) is 11.4 Å². The lowest BCUT2D eigenvalue weighted by Crippen LogP contribution is -2.34. The third-order valence-electron chi connectivity index (χ3n) is 2.76. The van der Waals surface area contributed by atoms with Crippen LogP contribution in [0.2, 0.25) is 0 Å². The first-order valence-corrected chi connectivity index (χ1v) is 7.36. The van der Waals surface area contributed by atoms with E-state index in [1.807, 2.05) is 0 Å². The van der Waals surface area contributed by atoms with Gasteiger partial charge in [-0.3, -0.25) is 4.79 Å². The quantitative estimate of drug-likeness (QED) is 0.666. The molecule has 0 aliphatic rings. The predicted octanol–water partition coefficient (Wildman–Crippen LogP) is 2.39. The molecule has 0 aliphatic heterocycles. The average molecular weight is 348 g/mol. The number of aromatic nitrogens is 3. The van der Waals surface area contributed by atoms with E-state index in [4.69, 9.17) is 0 Å². The van der Waals surface area contributed by atoms with Gasteiger partial charge in [0.2, 0.25) is 5.91 Å². The maximum absolute atomic E-state index is 12.9. The molecule has 0 unspecified atom stereocenters. The Balaban J connectivity index is 1.97. The lowest BCUT2D eigenvalue weighted by atomic mass is 10.2. The molecule has 23 heavy (non-hydrogen) atoms. The topological polar surface area (TPSA) is 59.8 Å². The zero-order valence-corrected chi connectivity index (χ0v) is 12.7. The number of benzene rings is 1. The highest BCUT2D eigenvalue weighted by Gasteiger charge is 2.27. The summed E-state index contributed by atoms with van der Waals surface area (Å²) in [4.78, 5) is 11.4. The number of thioether (sulfide) groups is 1. The van der Waals surface area contributed by atoms with Crippen LogP contribution in [0.15, 0.2) is 29.4 Å². The van der Waals surface area contributed by atoms with Crippen molar-refractivity contribution in [2.24, 2.45) is 7.05 Å². The summed E-state index contributed by atoms with van der Waals surface area (Å²) in [6, 6.07) is 5.62.